The van der Waals surface area contributed by atoms with Gasteiger partial charge in [-0.2, -0.15) is 0 Å². The Balaban J connectivity index is 1.50. The van der Waals surface area contributed by atoms with Crippen LogP contribution >= 0.6 is 23.2 Å². The Morgan fingerprint density at radius 1 is 0.731 bits per heavy atom. The topological polar surface area (TPSA) is 21.3 Å². The Morgan fingerprint density at radius 2 is 1.35 bits per heavy atom. The molecule has 0 radical (unpaired) electrons. The van der Waals surface area contributed by atoms with Crippen LogP contribution in [0.1, 0.15) is 16.7 Å². The van der Waals surface area contributed by atoms with Crippen molar-refractivity contribution < 1.29 is 4.74 Å². The van der Waals surface area contributed by atoms with Crippen molar-refractivity contribution in [3.8, 4) is 5.75 Å². The summed E-state index contributed by atoms with van der Waals surface area (Å²) in [6, 6.07) is 23.8. The maximum Gasteiger partial charge on any atom is 0.124 e. The molecule has 3 aromatic rings. The van der Waals surface area contributed by atoms with Crippen LogP contribution in [0, 0.1) is 0 Å². The Labute approximate surface area is 164 Å². The van der Waals surface area contributed by atoms with E-state index >= 15 is 0 Å². The fourth-order valence-electron chi connectivity index (χ4n) is 2.64. The van der Waals surface area contributed by atoms with Gasteiger partial charge in [0.1, 0.15) is 12.4 Å². The molecule has 3 aromatic carbocycles. The molecular formula is C22H21Cl2NO. The minimum atomic E-state index is 0.527. The van der Waals surface area contributed by atoms with Gasteiger partial charge in [0, 0.05) is 22.2 Å². The molecule has 0 fully saturated rings. The molecule has 0 heterocycles. The quantitative estimate of drug-likeness (QED) is 0.487. The molecular weight excluding hydrogens is 365 g/mol. The van der Waals surface area contributed by atoms with Crippen LogP contribution in [0.2, 0.25) is 10.0 Å². The molecule has 0 aliphatic carbocycles. The summed E-state index contributed by atoms with van der Waals surface area (Å²) >= 11 is 11.8. The van der Waals surface area contributed by atoms with Gasteiger partial charge in [-0.25, -0.2) is 0 Å². The van der Waals surface area contributed by atoms with Crippen LogP contribution in [0.25, 0.3) is 0 Å². The third-order valence-electron chi connectivity index (χ3n) is 4.10. The largest absolute Gasteiger partial charge is 0.489 e. The molecule has 0 bridgehead atoms. The monoisotopic (exact) mass is 385 g/mol. The van der Waals surface area contributed by atoms with Gasteiger partial charge in [-0.1, -0.05) is 65.7 Å². The molecule has 4 heteroatoms. The third kappa shape index (κ3) is 5.77. The lowest BCUT2D eigenvalue weighted by Gasteiger charge is -2.12. The van der Waals surface area contributed by atoms with E-state index in [-0.39, 0.29) is 0 Å². The number of ether oxygens (including phenoxy) is 1. The van der Waals surface area contributed by atoms with E-state index in [9.17, 15) is 0 Å². The van der Waals surface area contributed by atoms with Crippen molar-refractivity contribution in [3.63, 3.8) is 0 Å². The van der Waals surface area contributed by atoms with Crippen molar-refractivity contribution in [1.82, 2.24) is 5.32 Å². The van der Waals surface area contributed by atoms with Gasteiger partial charge >= 0.3 is 0 Å². The van der Waals surface area contributed by atoms with E-state index < -0.39 is 0 Å². The van der Waals surface area contributed by atoms with Crippen LogP contribution in [0.5, 0.6) is 5.75 Å². The van der Waals surface area contributed by atoms with Gasteiger partial charge in [-0.3, -0.25) is 0 Å². The summed E-state index contributed by atoms with van der Waals surface area (Å²) in [5.74, 6) is 0.904. The third-order valence-corrected chi connectivity index (χ3v) is 4.60. The molecule has 0 saturated heterocycles. The summed E-state index contributed by atoms with van der Waals surface area (Å²) in [7, 11) is 0. The molecule has 26 heavy (non-hydrogen) atoms. The second-order valence-corrected chi connectivity index (χ2v) is 6.95. The maximum absolute atomic E-state index is 5.99. The standard InChI is InChI=1S/C22H21Cl2NO/c23-20-9-5-17(6-10-20)13-14-25-15-19-3-1-2-4-22(19)26-16-18-7-11-21(24)12-8-18/h1-12,25H,13-16H2. The summed E-state index contributed by atoms with van der Waals surface area (Å²) < 4.78 is 5.99. The molecule has 0 aliphatic heterocycles. The van der Waals surface area contributed by atoms with Gasteiger partial charge in [0.15, 0.2) is 0 Å². The zero-order valence-electron chi connectivity index (χ0n) is 14.4. The summed E-state index contributed by atoms with van der Waals surface area (Å²) in [5.41, 5.74) is 3.52. The number of halogens is 2. The van der Waals surface area contributed by atoms with Gasteiger partial charge in [-0.15, -0.1) is 0 Å². The van der Waals surface area contributed by atoms with E-state index in [1.54, 1.807) is 0 Å². The van der Waals surface area contributed by atoms with Crippen molar-refractivity contribution in [2.75, 3.05) is 6.54 Å². The van der Waals surface area contributed by atoms with E-state index in [2.05, 4.69) is 23.5 Å². The Kier molecular flexibility index (Phi) is 6.96. The zero-order valence-corrected chi connectivity index (χ0v) is 15.9. The molecule has 0 atom stereocenters. The first kappa shape index (κ1) is 18.8. The van der Waals surface area contributed by atoms with Crippen LogP contribution in [0.15, 0.2) is 72.8 Å². The van der Waals surface area contributed by atoms with E-state index in [4.69, 9.17) is 27.9 Å². The minimum absolute atomic E-state index is 0.527. The fourth-order valence-corrected chi connectivity index (χ4v) is 2.89. The van der Waals surface area contributed by atoms with Gasteiger partial charge in [-0.05, 0) is 54.4 Å². The number of benzene rings is 3. The number of para-hydroxylation sites is 1. The second kappa shape index (κ2) is 9.63. The smallest absolute Gasteiger partial charge is 0.124 e. The molecule has 0 saturated carbocycles. The molecule has 0 amide bonds. The maximum atomic E-state index is 5.99. The highest BCUT2D eigenvalue weighted by atomic mass is 35.5. The molecule has 0 aromatic heterocycles. The average Bonchev–Trinajstić information content (AvgIpc) is 2.67. The molecule has 0 unspecified atom stereocenters. The predicted octanol–water partition coefficient (Wildman–Crippen LogP) is 5.90. The number of rotatable bonds is 8. The lowest BCUT2D eigenvalue weighted by molar-refractivity contribution is 0.302. The lowest BCUT2D eigenvalue weighted by atomic mass is 10.1. The van der Waals surface area contributed by atoms with E-state index in [1.165, 1.54) is 5.56 Å². The summed E-state index contributed by atoms with van der Waals surface area (Å²) in [6.45, 7) is 2.19. The van der Waals surface area contributed by atoms with Gasteiger partial charge < -0.3 is 10.1 Å². The van der Waals surface area contributed by atoms with Crippen LogP contribution in [0.3, 0.4) is 0 Å². The van der Waals surface area contributed by atoms with Gasteiger partial charge in [0.2, 0.25) is 0 Å². The summed E-state index contributed by atoms with van der Waals surface area (Å²) in [6.07, 6.45) is 0.963. The Morgan fingerprint density at radius 3 is 2.04 bits per heavy atom. The van der Waals surface area contributed by atoms with Crippen molar-refractivity contribution in [2.24, 2.45) is 0 Å². The molecule has 0 spiro atoms. The molecule has 1 N–H and O–H groups in total. The predicted molar refractivity (Wildman–Crippen MR) is 109 cm³/mol. The normalized spacial score (nSPS) is 10.7. The fraction of sp³-hybridized carbons (Fsp3) is 0.182. The van der Waals surface area contributed by atoms with E-state index in [1.807, 2.05) is 54.6 Å². The molecule has 2 nitrogen and oxygen atoms in total. The minimum Gasteiger partial charge on any atom is -0.489 e. The summed E-state index contributed by atoms with van der Waals surface area (Å²) in [5, 5.41) is 4.99. The number of hydrogen-bond acceptors (Lipinski definition) is 2. The number of hydrogen-bond donors (Lipinski definition) is 1. The highest BCUT2D eigenvalue weighted by molar-refractivity contribution is 6.30. The van der Waals surface area contributed by atoms with Crippen molar-refractivity contribution >= 4 is 23.2 Å². The zero-order chi connectivity index (χ0) is 18.2. The SMILES string of the molecule is Clc1ccc(CCNCc2ccccc2OCc2ccc(Cl)cc2)cc1. The molecule has 3 rings (SSSR count). The van der Waals surface area contributed by atoms with Crippen molar-refractivity contribution in [2.45, 2.75) is 19.6 Å². The number of nitrogens with one attached hydrogen (secondary N) is 1. The first-order valence-electron chi connectivity index (χ1n) is 8.61. The average molecular weight is 386 g/mol. The highest BCUT2D eigenvalue weighted by Crippen LogP contribution is 2.20. The van der Waals surface area contributed by atoms with Crippen molar-refractivity contribution in [3.05, 3.63) is 99.5 Å². The molecule has 134 valence electrons. The first-order valence-corrected chi connectivity index (χ1v) is 9.36. The lowest BCUT2D eigenvalue weighted by Crippen LogP contribution is -2.17. The van der Waals surface area contributed by atoms with Gasteiger partial charge in [0.25, 0.3) is 0 Å². The van der Waals surface area contributed by atoms with Crippen molar-refractivity contribution in [1.29, 1.82) is 0 Å². The van der Waals surface area contributed by atoms with E-state index in [0.717, 1.165) is 46.4 Å². The van der Waals surface area contributed by atoms with E-state index in [0.29, 0.717) is 6.61 Å². The van der Waals surface area contributed by atoms with Crippen LogP contribution in [0.4, 0.5) is 0 Å². The Hall–Kier alpha value is -2.00. The summed E-state index contributed by atoms with van der Waals surface area (Å²) in [4.78, 5) is 0. The van der Waals surface area contributed by atoms with Gasteiger partial charge in [0.05, 0.1) is 0 Å². The first-order chi connectivity index (χ1) is 12.7. The van der Waals surface area contributed by atoms with Crippen LogP contribution < -0.4 is 10.1 Å². The second-order valence-electron chi connectivity index (χ2n) is 6.08. The van der Waals surface area contributed by atoms with Crippen LogP contribution in [-0.4, -0.2) is 6.54 Å². The Bertz CT molecular complexity index is 816. The highest BCUT2D eigenvalue weighted by Gasteiger charge is 2.04. The van der Waals surface area contributed by atoms with Crippen LogP contribution in [-0.2, 0) is 19.6 Å². The molecule has 0 aliphatic rings.